The lowest BCUT2D eigenvalue weighted by molar-refractivity contribution is 0.188. The lowest BCUT2D eigenvalue weighted by Gasteiger charge is -2.26. The van der Waals surface area contributed by atoms with Gasteiger partial charge in [0.25, 0.3) is 0 Å². The summed E-state index contributed by atoms with van der Waals surface area (Å²) in [4.78, 5) is 0. The molecule has 3 heteroatoms. The summed E-state index contributed by atoms with van der Waals surface area (Å²) in [7, 11) is 0. The summed E-state index contributed by atoms with van der Waals surface area (Å²) in [6.45, 7) is 2.73. The van der Waals surface area contributed by atoms with E-state index in [1.54, 1.807) is 13.0 Å². The van der Waals surface area contributed by atoms with Crippen molar-refractivity contribution in [3.05, 3.63) is 34.4 Å². The zero-order chi connectivity index (χ0) is 15.3. The van der Waals surface area contributed by atoms with Gasteiger partial charge in [0.15, 0.2) is 0 Å². The number of aliphatic hydroxyl groups is 3. The minimum absolute atomic E-state index is 0.246. The summed E-state index contributed by atoms with van der Waals surface area (Å²) >= 11 is 0. The van der Waals surface area contributed by atoms with Crippen molar-refractivity contribution in [3.63, 3.8) is 0 Å². The molecule has 100 valence electrons. The minimum atomic E-state index is -1.49. The second kappa shape index (κ2) is 4.34. The van der Waals surface area contributed by atoms with Gasteiger partial charge >= 0.3 is 0 Å². The first-order valence-electron chi connectivity index (χ1n) is 7.29. The van der Waals surface area contributed by atoms with Gasteiger partial charge in [-0.15, -0.1) is 0 Å². The van der Waals surface area contributed by atoms with Crippen molar-refractivity contribution in [1.29, 1.82) is 0 Å². The Balaban J connectivity index is 2.82. The van der Waals surface area contributed by atoms with Gasteiger partial charge in [-0.3, -0.25) is 0 Å². The fourth-order valence-corrected chi connectivity index (χ4v) is 3.34. The SMILES string of the molecule is [2H]C(O)c1c(CO)ccc2c1C(C)(C([2H])O)CC2(C)C. The molecule has 0 radical (unpaired) electrons. The molecule has 0 aliphatic heterocycles. The predicted octanol–water partition coefficient (Wildman–Crippen LogP) is 1.60. The molecule has 3 unspecified atom stereocenters. The topological polar surface area (TPSA) is 60.7 Å². The first-order valence-corrected chi connectivity index (χ1v) is 6.13. The van der Waals surface area contributed by atoms with Crippen LogP contribution in [0.4, 0.5) is 0 Å². The first-order chi connectivity index (χ1) is 9.15. The number of benzene rings is 1. The molecule has 0 fully saturated rings. The Morgan fingerprint density at radius 1 is 1.22 bits per heavy atom. The van der Waals surface area contributed by atoms with Crippen LogP contribution in [-0.4, -0.2) is 21.9 Å². The van der Waals surface area contributed by atoms with E-state index in [-0.39, 0.29) is 12.0 Å². The van der Waals surface area contributed by atoms with Gasteiger partial charge in [-0.05, 0) is 34.1 Å². The third kappa shape index (κ3) is 1.78. The second-order valence-corrected chi connectivity index (χ2v) is 5.96. The van der Waals surface area contributed by atoms with Crippen molar-refractivity contribution < 1.29 is 18.1 Å². The molecule has 2 rings (SSSR count). The van der Waals surface area contributed by atoms with Gasteiger partial charge in [-0.2, -0.15) is 0 Å². The van der Waals surface area contributed by atoms with Gasteiger partial charge < -0.3 is 15.3 Å². The van der Waals surface area contributed by atoms with E-state index >= 15 is 0 Å². The van der Waals surface area contributed by atoms with E-state index in [4.69, 9.17) is 2.74 Å². The molecule has 0 aromatic heterocycles. The van der Waals surface area contributed by atoms with Crippen LogP contribution in [0.3, 0.4) is 0 Å². The number of rotatable bonds is 3. The van der Waals surface area contributed by atoms with E-state index in [2.05, 4.69) is 0 Å². The maximum atomic E-state index is 9.92. The molecular weight excluding hydrogens is 228 g/mol. The van der Waals surface area contributed by atoms with Gasteiger partial charge in [0.1, 0.15) is 0 Å². The summed E-state index contributed by atoms with van der Waals surface area (Å²) in [5.74, 6) is 0. The number of aliphatic hydroxyl groups excluding tert-OH is 3. The molecule has 18 heavy (non-hydrogen) atoms. The van der Waals surface area contributed by atoms with Crippen molar-refractivity contribution >= 4 is 0 Å². The molecule has 0 amide bonds. The molecule has 0 bridgehead atoms. The van der Waals surface area contributed by atoms with Crippen LogP contribution in [0.25, 0.3) is 0 Å². The molecule has 0 saturated carbocycles. The standard InChI is InChI=1S/C15H22O3/c1-14(2)8-15(3,9-18)13-11(7-17)10(6-16)4-5-12(13)14/h4-5,16-18H,6-9H2,1-3H3/i7D,9D. The van der Waals surface area contributed by atoms with Gasteiger partial charge in [0.05, 0.1) is 22.5 Å². The molecule has 0 spiro atoms. The van der Waals surface area contributed by atoms with E-state index in [0.29, 0.717) is 23.1 Å². The van der Waals surface area contributed by atoms with E-state index in [1.807, 2.05) is 19.9 Å². The van der Waals surface area contributed by atoms with Crippen LogP contribution in [-0.2, 0) is 24.0 Å². The maximum Gasteiger partial charge on any atom is 0.0688 e. The highest BCUT2D eigenvalue weighted by Gasteiger charge is 2.45. The van der Waals surface area contributed by atoms with E-state index in [9.17, 15) is 15.3 Å². The quantitative estimate of drug-likeness (QED) is 0.766. The summed E-state index contributed by atoms with van der Waals surface area (Å²) in [5, 5.41) is 29.2. The van der Waals surface area contributed by atoms with Crippen LogP contribution in [0.5, 0.6) is 0 Å². The highest BCUT2D eigenvalue weighted by atomic mass is 16.3. The summed E-state index contributed by atoms with van der Waals surface area (Å²) in [5.41, 5.74) is 1.31. The molecule has 1 aliphatic rings. The predicted molar refractivity (Wildman–Crippen MR) is 70.4 cm³/mol. The summed E-state index contributed by atoms with van der Waals surface area (Å²) in [6, 6.07) is 3.59. The average molecular weight is 252 g/mol. The van der Waals surface area contributed by atoms with Crippen LogP contribution < -0.4 is 0 Å². The number of hydrogen-bond acceptors (Lipinski definition) is 3. The van der Waals surface area contributed by atoms with Crippen LogP contribution in [0.15, 0.2) is 12.1 Å². The number of hydrogen-bond donors (Lipinski definition) is 3. The molecule has 3 N–H and O–H groups in total. The van der Waals surface area contributed by atoms with Gasteiger partial charge in [-0.1, -0.05) is 32.9 Å². The van der Waals surface area contributed by atoms with Crippen molar-refractivity contribution in [2.45, 2.75) is 51.2 Å². The normalized spacial score (nSPS) is 30.3. The maximum absolute atomic E-state index is 9.92. The molecule has 3 atom stereocenters. The Morgan fingerprint density at radius 3 is 2.39 bits per heavy atom. The zero-order valence-electron chi connectivity index (χ0n) is 13.1. The Hall–Kier alpha value is -0.900. The first kappa shape index (κ1) is 11.0. The van der Waals surface area contributed by atoms with Gasteiger partial charge in [0, 0.05) is 5.41 Å². The lowest BCUT2D eigenvalue weighted by atomic mass is 9.80. The van der Waals surface area contributed by atoms with Crippen LogP contribution in [0, 0.1) is 0 Å². The van der Waals surface area contributed by atoms with E-state index < -0.39 is 18.6 Å². The molecular formula is C15H22O3. The molecule has 1 aromatic rings. The largest absolute Gasteiger partial charge is 0.395 e. The Bertz CT molecular complexity index is 526. The fourth-order valence-electron chi connectivity index (χ4n) is 3.34. The lowest BCUT2D eigenvalue weighted by Crippen LogP contribution is -2.27. The Labute approximate surface area is 111 Å². The second-order valence-electron chi connectivity index (χ2n) is 5.96. The molecule has 0 heterocycles. The van der Waals surface area contributed by atoms with Gasteiger partial charge in [-0.25, -0.2) is 0 Å². The average Bonchev–Trinajstić information content (AvgIpc) is 2.56. The van der Waals surface area contributed by atoms with Crippen molar-refractivity contribution in [2.24, 2.45) is 0 Å². The molecule has 3 nitrogen and oxygen atoms in total. The third-order valence-electron chi connectivity index (χ3n) is 4.03. The zero-order valence-corrected chi connectivity index (χ0v) is 11.1. The summed E-state index contributed by atoms with van der Waals surface area (Å²) < 4.78 is 15.5. The Morgan fingerprint density at radius 2 is 1.89 bits per heavy atom. The monoisotopic (exact) mass is 252 g/mol. The highest BCUT2D eigenvalue weighted by Crippen LogP contribution is 2.51. The summed E-state index contributed by atoms with van der Waals surface area (Å²) in [6.07, 6.45) is 0.564. The number of fused-ring (bicyclic) bond motifs is 1. The van der Waals surface area contributed by atoms with Crippen LogP contribution in [0.1, 0.15) is 52.2 Å². The van der Waals surface area contributed by atoms with Crippen molar-refractivity contribution in [2.75, 3.05) is 6.58 Å². The molecule has 1 aromatic carbocycles. The van der Waals surface area contributed by atoms with Crippen LogP contribution >= 0.6 is 0 Å². The van der Waals surface area contributed by atoms with Crippen LogP contribution in [0.2, 0.25) is 0 Å². The van der Waals surface area contributed by atoms with E-state index in [1.165, 1.54) is 0 Å². The molecule has 0 saturated heterocycles. The minimum Gasteiger partial charge on any atom is -0.395 e. The van der Waals surface area contributed by atoms with Crippen molar-refractivity contribution in [3.8, 4) is 0 Å². The smallest absolute Gasteiger partial charge is 0.0688 e. The Kier molecular flexibility index (Phi) is 2.64. The van der Waals surface area contributed by atoms with Gasteiger partial charge in [0.2, 0.25) is 0 Å². The fraction of sp³-hybridized carbons (Fsp3) is 0.600. The highest BCUT2D eigenvalue weighted by molar-refractivity contribution is 5.52. The third-order valence-corrected chi connectivity index (χ3v) is 4.03. The van der Waals surface area contributed by atoms with E-state index in [0.717, 1.165) is 5.56 Å². The molecule has 1 aliphatic carbocycles. The van der Waals surface area contributed by atoms with Crippen molar-refractivity contribution in [1.82, 2.24) is 0 Å².